The van der Waals surface area contributed by atoms with Crippen LogP contribution in [0.2, 0.25) is 0 Å². The first kappa shape index (κ1) is 11.9. The van der Waals surface area contributed by atoms with Gasteiger partial charge in [0.2, 0.25) is 0 Å². The van der Waals surface area contributed by atoms with Crippen LogP contribution in [-0.2, 0) is 10.6 Å². The second-order valence-electron chi connectivity index (χ2n) is 3.13. The first-order chi connectivity index (χ1) is 7.13. The van der Waals surface area contributed by atoms with Crippen LogP contribution in [0.1, 0.15) is 21.5 Å². The van der Waals surface area contributed by atoms with Crippen LogP contribution in [0.4, 0.5) is 0 Å². The molecule has 0 atom stereocenters. The predicted molar refractivity (Wildman–Crippen MR) is 58.6 cm³/mol. The monoisotopic (exact) mass is 228 g/mol. The Kier molecular flexibility index (Phi) is 3.97. The molecule has 0 aliphatic carbocycles. The third kappa shape index (κ3) is 2.42. The van der Waals surface area contributed by atoms with Crippen molar-refractivity contribution in [3.8, 4) is 5.75 Å². The number of methoxy groups -OCH3 is 2. The van der Waals surface area contributed by atoms with Crippen LogP contribution in [-0.4, -0.2) is 20.2 Å². The third-order valence-electron chi connectivity index (χ3n) is 2.06. The number of benzene rings is 1. The van der Waals surface area contributed by atoms with Crippen LogP contribution in [0, 0.1) is 6.92 Å². The molecular weight excluding hydrogens is 216 g/mol. The first-order valence-corrected chi connectivity index (χ1v) is 4.99. The van der Waals surface area contributed by atoms with Gasteiger partial charge in [0.05, 0.1) is 20.1 Å². The molecule has 0 saturated carbocycles. The lowest BCUT2D eigenvalue weighted by Gasteiger charge is -2.11. The third-order valence-corrected chi connectivity index (χ3v) is 2.35. The molecule has 0 amide bonds. The van der Waals surface area contributed by atoms with Gasteiger partial charge in [-0.1, -0.05) is 6.07 Å². The van der Waals surface area contributed by atoms with E-state index in [1.165, 1.54) is 14.2 Å². The van der Waals surface area contributed by atoms with Crippen molar-refractivity contribution in [2.45, 2.75) is 12.8 Å². The van der Waals surface area contributed by atoms with E-state index in [9.17, 15) is 4.79 Å². The van der Waals surface area contributed by atoms with E-state index in [4.69, 9.17) is 16.3 Å². The number of hydrogen-bond donors (Lipinski definition) is 0. The van der Waals surface area contributed by atoms with E-state index in [2.05, 4.69) is 4.74 Å². The molecule has 0 saturated heterocycles. The molecule has 0 unspecified atom stereocenters. The highest BCUT2D eigenvalue weighted by atomic mass is 35.5. The molecular formula is C11H13ClO3. The van der Waals surface area contributed by atoms with E-state index < -0.39 is 5.97 Å². The van der Waals surface area contributed by atoms with Crippen LogP contribution >= 0.6 is 11.6 Å². The molecule has 0 fully saturated rings. The van der Waals surface area contributed by atoms with Gasteiger partial charge in [0.1, 0.15) is 11.3 Å². The Morgan fingerprint density at radius 1 is 1.40 bits per heavy atom. The van der Waals surface area contributed by atoms with Crippen LogP contribution in [0.25, 0.3) is 0 Å². The molecule has 4 heteroatoms. The molecule has 0 aliphatic rings. The van der Waals surface area contributed by atoms with Gasteiger partial charge in [-0.2, -0.15) is 0 Å². The van der Waals surface area contributed by atoms with Crippen molar-refractivity contribution < 1.29 is 14.3 Å². The van der Waals surface area contributed by atoms with Crippen LogP contribution in [0.5, 0.6) is 5.75 Å². The van der Waals surface area contributed by atoms with E-state index in [1.54, 1.807) is 6.07 Å². The zero-order chi connectivity index (χ0) is 11.4. The first-order valence-electron chi connectivity index (χ1n) is 4.45. The lowest BCUT2D eigenvalue weighted by atomic mass is 10.1. The largest absolute Gasteiger partial charge is 0.496 e. The summed E-state index contributed by atoms with van der Waals surface area (Å²) in [6, 6.07) is 3.61. The summed E-state index contributed by atoms with van der Waals surface area (Å²) in [7, 11) is 2.84. The molecule has 82 valence electrons. The molecule has 1 aromatic carbocycles. The van der Waals surface area contributed by atoms with Crippen molar-refractivity contribution >= 4 is 17.6 Å². The summed E-state index contributed by atoms with van der Waals surface area (Å²) in [5.74, 6) is 0.374. The van der Waals surface area contributed by atoms with Gasteiger partial charge in [0.15, 0.2) is 0 Å². The standard InChI is InChI=1S/C11H13ClO3/c1-7-4-8(6-12)10(14-2)9(5-7)11(13)15-3/h4-5H,6H2,1-3H3. The minimum Gasteiger partial charge on any atom is -0.496 e. The zero-order valence-corrected chi connectivity index (χ0v) is 9.72. The summed E-state index contributed by atoms with van der Waals surface area (Å²) >= 11 is 5.77. The Hall–Kier alpha value is -1.22. The fourth-order valence-corrected chi connectivity index (χ4v) is 1.65. The maximum atomic E-state index is 11.5. The Morgan fingerprint density at radius 3 is 2.53 bits per heavy atom. The Bertz CT molecular complexity index is 374. The summed E-state index contributed by atoms with van der Waals surface area (Å²) in [6.45, 7) is 1.89. The van der Waals surface area contributed by atoms with E-state index in [0.29, 0.717) is 17.2 Å². The summed E-state index contributed by atoms with van der Waals surface area (Å²) in [6.07, 6.45) is 0. The molecule has 0 aromatic heterocycles. The molecule has 1 aromatic rings. The molecule has 0 spiro atoms. The predicted octanol–water partition coefficient (Wildman–Crippen LogP) is 2.53. The molecule has 1 rings (SSSR count). The lowest BCUT2D eigenvalue weighted by Crippen LogP contribution is -2.06. The van der Waals surface area contributed by atoms with Crippen molar-refractivity contribution in [3.63, 3.8) is 0 Å². The molecule has 3 nitrogen and oxygen atoms in total. The number of esters is 1. The Labute approximate surface area is 93.9 Å². The van der Waals surface area contributed by atoms with Gasteiger partial charge in [-0.05, 0) is 18.6 Å². The summed E-state index contributed by atoms with van der Waals surface area (Å²) < 4.78 is 9.83. The van der Waals surface area contributed by atoms with Gasteiger partial charge in [-0.15, -0.1) is 11.6 Å². The number of alkyl halides is 1. The topological polar surface area (TPSA) is 35.5 Å². The molecule has 0 N–H and O–H groups in total. The molecule has 0 radical (unpaired) electrons. The van der Waals surface area contributed by atoms with Crippen molar-refractivity contribution in [3.05, 3.63) is 28.8 Å². The maximum Gasteiger partial charge on any atom is 0.341 e. The van der Waals surface area contributed by atoms with Crippen molar-refractivity contribution in [2.24, 2.45) is 0 Å². The number of hydrogen-bond acceptors (Lipinski definition) is 3. The number of carbonyl (C=O) groups excluding carboxylic acids is 1. The number of carbonyl (C=O) groups is 1. The molecule has 0 aliphatic heterocycles. The van der Waals surface area contributed by atoms with Crippen LogP contribution < -0.4 is 4.74 Å². The van der Waals surface area contributed by atoms with Gasteiger partial charge >= 0.3 is 5.97 Å². The number of halogens is 1. The number of ether oxygens (including phenoxy) is 2. The van der Waals surface area contributed by atoms with E-state index in [0.717, 1.165) is 11.1 Å². The van der Waals surface area contributed by atoms with Gasteiger partial charge in [-0.3, -0.25) is 0 Å². The highest BCUT2D eigenvalue weighted by molar-refractivity contribution is 6.17. The number of rotatable bonds is 3. The number of aryl methyl sites for hydroxylation is 1. The van der Waals surface area contributed by atoms with Gasteiger partial charge in [0.25, 0.3) is 0 Å². The Balaban J connectivity index is 3.35. The normalized spacial score (nSPS) is 9.87. The minimum atomic E-state index is -0.415. The SMILES string of the molecule is COC(=O)c1cc(C)cc(CCl)c1OC. The van der Waals surface area contributed by atoms with Gasteiger partial charge in [-0.25, -0.2) is 4.79 Å². The average molecular weight is 229 g/mol. The highest BCUT2D eigenvalue weighted by Crippen LogP contribution is 2.27. The van der Waals surface area contributed by atoms with Gasteiger partial charge < -0.3 is 9.47 Å². The lowest BCUT2D eigenvalue weighted by molar-refractivity contribution is 0.0597. The molecule has 15 heavy (non-hydrogen) atoms. The summed E-state index contributed by atoms with van der Waals surface area (Å²) in [5, 5.41) is 0. The van der Waals surface area contributed by atoms with Crippen molar-refractivity contribution in [1.82, 2.24) is 0 Å². The molecule has 0 bridgehead atoms. The fraction of sp³-hybridized carbons (Fsp3) is 0.364. The molecule has 0 heterocycles. The smallest absolute Gasteiger partial charge is 0.341 e. The minimum absolute atomic E-state index is 0.300. The van der Waals surface area contributed by atoms with Gasteiger partial charge in [0, 0.05) is 5.56 Å². The van der Waals surface area contributed by atoms with E-state index in [1.807, 2.05) is 13.0 Å². The quantitative estimate of drug-likeness (QED) is 0.589. The second-order valence-corrected chi connectivity index (χ2v) is 3.40. The zero-order valence-electron chi connectivity index (χ0n) is 8.96. The fourth-order valence-electron chi connectivity index (χ4n) is 1.45. The summed E-state index contributed by atoms with van der Waals surface area (Å²) in [5.41, 5.74) is 2.15. The van der Waals surface area contributed by atoms with E-state index >= 15 is 0 Å². The maximum absolute atomic E-state index is 11.5. The Morgan fingerprint density at radius 2 is 2.07 bits per heavy atom. The van der Waals surface area contributed by atoms with Crippen molar-refractivity contribution in [2.75, 3.05) is 14.2 Å². The second kappa shape index (κ2) is 5.03. The van der Waals surface area contributed by atoms with Crippen LogP contribution in [0.3, 0.4) is 0 Å². The highest BCUT2D eigenvalue weighted by Gasteiger charge is 2.16. The summed E-state index contributed by atoms with van der Waals surface area (Å²) in [4.78, 5) is 11.5. The van der Waals surface area contributed by atoms with E-state index in [-0.39, 0.29) is 0 Å². The average Bonchev–Trinajstić information content (AvgIpc) is 2.26. The van der Waals surface area contributed by atoms with Crippen LogP contribution in [0.15, 0.2) is 12.1 Å². The van der Waals surface area contributed by atoms with Crippen molar-refractivity contribution in [1.29, 1.82) is 0 Å².